The van der Waals surface area contributed by atoms with Gasteiger partial charge in [-0.05, 0) is 40.4 Å². The third-order valence-electron chi connectivity index (χ3n) is 3.54. The number of methoxy groups -OCH3 is 1. The number of hydrogen-bond donors (Lipinski definition) is 0. The second-order valence-corrected chi connectivity index (χ2v) is 7.38. The lowest BCUT2D eigenvalue weighted by Gasteiger charge is -2.25. The van der Waals surface area contributed by atoms with Crippen molar-refractivity contribution in [3.8, 4) is 0 Å². The number of ether oxygens (including phenoxy) is 1. The summed E-state index contributed by atoms with van der Waals surface area (Å²) in [5.41, 5.74) is 1.03. The van der Waals surface area contributed by atoms with Gasteiger partial charge in [0.25, 0.3) is 5.91 Å². The Kier molecular flexibility index (Phi) is 7.39. The number of thiophene rings is 1. The average Bonchev–Trinajstić information content (AvgIpc) is 2.81. The highest BCUT2D eigenvalue weighted by molar-refractivity contribution is 9.11. The molecule has 0 saturated heterocycles. The Bertz CT molecular complexity index is 478. The highest BCUT2D eigenvalue weighted by atomic mass is 79.9. The van der Waals surface area contributed by atoms with Gasteiger partial charge < -0.3 is 9.64 Å². The van der Waals surface area contributed by atoms with Crippen molar-refractivity contribution >= 4 is 39.1 Å². The van der Waals surface area contributed by atoms with Gasteiger partial charge in [-0.15, -0.1) is 11.3 Å². The number of nitrogens with zero attached hydrogens (tertiary/aromatic N) is 1. The van der Waals surface area contributed by atoms with Gasteiger partial charge in [0, 0.05) is 6.54 Å². The molecule has 0 N–H and O–H groups in total. The summed E-state index contributed by atoms with van der Waals surface area (Å²) < 4.78 is 5.66. The molecule has 0 aliphatic carbocycles. The Morgan fingerprint density at radius 3 is 2.43 bits per heavy atom. The van der Waals surface area contributed by atoms with Crippen LogP contribution in [-0.2, 0) is 9.53 Å². The molecule has 0 aliphatic heterocycles. The zero-order chi connectivity index (χ0) is 16.0. The largest absolute Gasteiger partial charge is 0.468 e. The lowest BCUT2D eigenvalue weighted by Crippen LogP contribution is -2.39. The van der Waals surface area contributed by atoms with Crippen LogP contribution in [0.15, 0.2) is 9.85 Å². The van der Waals surface area contributed by atoms with Crippen molar-refractivity contribution in [1.29, 1.82) is 0 Å². The summed E-state index contributed by atoms with van der Waals surface area (Å²) in [5.74, 6) is -0.101. The highest BCUT2D eigenvalue weighted by Gasteiger charge is 2.23. The Balaban J connectivity index is 2.93. The topological polar surface area (TPSA) is 46.6 Å². The fraction of sp³-hybridized carbons (Fsp3) is 0.600. The van der Waals surface area contributed by atoms with Gasteiger partial charge in [0.05, 0.1) is 15.8 Å². The summed E-state index contributed by atoms with van der Waals surface area (Å²) in [5, 5.41) is 0. The molecule has 0 fully saturated rings. The number of carbonyl (C=O) groups is 2. The predicted octanol–water partition coefficient (Wildman–Crippen LogP) is 3.87. The van der Waals surface area contributed by atoms with Crippen LogP contribution in [0.4, 0.5) is 0 Å². The average molecular weight is 376 g/mol. The van der Waals surface area contributed by atoms with Gasteiger partial charge in [0.1, 0.15) is 6.54 Å². The molecule has 1 amide bonds. The molecule has 0 unspecified atom stereocenters. The van der Waals surface area contributed by atoms with Crippen LogP contribution < -0.4 is 0 Å². The summed E-state index contributed by atoms with van der Waals surface area (Å²) in [4.78, 5) is 26.4. The molecular weight excluding hydrogens is 354 g/mol. The first kappa shape index (κ1) is 18.2. The van der Waals surface area contributed by atoms with E-state index in [1.165, 1.54) is 18.4 Å². The standard InChI is InChI=1S/C15H22BrNO3S/c1-5-11(6-2)8-17(9-13(18)20-4)15(19)12-7-10(3)14(16)21-12/h7,11H,5-6,8-9H2,1-4H3. The quantitative estimate of drug-likeness (QED) is 0.679. The SMILES string of the molecule is CCC(CC)CN(CC(=O)OC)C(=O)c1cc(C)c(Br)s1. The van der Waals surface area contributed by atoms with Gasteiger partial charge >= 0.3 is 5.97 Å². The maximum atomic E-state index is 12.6. The van der Waals surface area contributed by atoms with Crippen LogP contribution in [0, 0.1) is 12.8 Å². The van der Waals surface area contributed by atoms with Gasteiger partial charge in [0.15, 0.2) is 0 Å². The van der Waals surface area contributed by atoms with E-state index in [4.69, 9.17) is 4.74 Å². The van der Waals surface area contributed by atoms with Crippen LogP contribution in [0.1, 0.15) is 41.9 Å². The summed E-state index contributed by atoms with van der Waals surface area (Å²) in [7, 11) is 1.34. The molecule has 0 atom stereocenters. The van der Waals surface area contributed by atoms with E-state index in [1.807, 2.05) is 13.0 Å². The Morgan fingerprint density at radius 1 is 1.38 bits per heavy atom. The van der Waals surface area contributed by atoms with Crippen molar-refractivity contribution in [2.24, 2.45) is 5.92 Å². The number of amides is 1. The molecule has 1 heterocycles. The van der Waals surface area contributed by atoms with Crippen LogP contribution in [0.2, 0.25) is 0 Å². The van der Waals surface area contributed by atoms with Crippen molar-refractivity contribution in [2.45, 2.75) is 33.6 Å². The molecule has 1 aromatic heterocycles. The van der Waals surface area contributed by atoms with Crippen LogP contribution in [0.3, 0.4) is 0 Å². The second kappa shape index (κ2) is 8.54. The minimum Gasteiger partial charge on any atom is -0.468 e. The number of aryl methyl sites for hydroxylation is 1. The molecule has 0 saturated carbocycles. The summed E-state index contributed by atoms with van der Waals surface area (Å²) in [6, 6.07) is 1.86. The van der Waals surface area contributed by atoms with E-state index in [0.717, 1.165) is 22.2 Å². The molecule has 0 bridgehead atoms. The molecule has 1 rings (SSSR count). The van der Waals surface area contributed by atoms with E-state index in [2.05, 4.69) is 29.8 Å². The lowest BCUT2D eigenvalue weighted by molar-refractivity contribution is -0.141. The third kappa shape index (κ3) is 5.11. The normalized spacial score (nSPS) is 10.8. The number of carbonyl (C=O) groups excluding carboxylic acids is 2. The molecule has 0 aliphatic rings. The maximum absolute atomic E-state index is 12.6. The zero-order valence-electron chi connectivity index (χ0n) is 12.9. The van der Waals surface area contributed by atoms with Crippen LogP contribution >= 0.6 is 27.3 Å². The van der Waals surface area contributed by atoms with Gasteiger partial charge in [-0.1, -0.05) is 26.7 Å². The molecule has 4 nitrogen and oxygen atoms in total. The first-order valence-corrected chi connectivity index (χ1v) is 8.65. The van der Waals surface area contributed by atoms with E-state index in [9.17, 15) is 9.59 Å². The summed E-state index contributed by atoms with van der Waals surface area (Å²) >= 11 is 4.83. The van der Waals surface area contributed by atoms with Crippen molar-refractivity contribution in [3.63, 3.8) is 0 Å². The van der Waals surface area contributed by atoms with Gasteiger partial charge in [-0.2, -0.15) is 0 Å². The molecule has 6 heteroatoms. The van der Waals surface area contributed by atoms with E-state index >= 15 is 0 Å². The van der Waals surface area contributed by atoms with Crippen molar-refractivity contribution in [3.05, 3.63) is 20.3 Å². The monoisotopic (exact) mass is 375 g/mol. The minimum absolute atomic E-state index is 0.000397. The lowest BCUT2D eigenvalue weighted by atomic mass is 10.0. The third-order valence-corrected chi connectivity index (χ3v) is 5.66. The van der Waals surface area contributed by atoms with Crippen molar-refractivity contribution in [1.82, 2.24) is 4.90 Å². The van der Waals surface area contributed by atoms with Crippen LogP contribution in [0.5, 0.6) is 0 Å². The highest BCUT2D eigenvalue weighted by Crippen LogP contribution is 2.28. The molecule has 0 aromatic carbocycles. The zero-order valence-corrected chi connectivity index (χ0v) is 15.3. The number of halogens is 1. The predicted molar refractivity (Wildman–Crippen MR) is 88.7 cm³/mol. The molecule has 0 spiro atoms. The van der Waals surface area contributed by atoms with Gasteiger partial charge in [0.2, 0.25) is 0 Å². The van der Waals surface area contributed by atoms with E-state index < -0.39 is 0 Å². The number of esters is 1. The summed E-state index contributed by atoms with van der Waals surface area (Å²) in [6.07, 6.45) is 1.96. The molecule has 118 valence electrons. The van der Waals surface area contributed by atoms with Crippen LogP contribution in [-0.4, -0.2) is 37.0 Å². The van der Waals surface area contributed by atoms with Gasteiger partial charge in [-0.3, -0.25) is 9.59 Å². The number of hydrogen-bond acceptors (Lipinski definition) is 4. The fourth-order valence-electron chi connectivity index (χ4n) is 2.02. The Morgan fingerprint density at radius 2 is 2.00 bits per heavy atom. The molecule has 0 radical (unpaired) electrons. The van der Waals surface area contributed by atoms with Crippen LogP contribution in [0.25, 0.3) is 0 Å². The van der Waals surface area contributed by atoms with Gasteiger partial charge in [-0.25, -0.2) is 0 Å². The first-order valence-electron chi connectivity index (χ1n) is 7.04. The number of rotatable bonds is 7. The minimum atomic E-state index is -0.387. The van der Waals surface area contributed by atoms with Crippen molar-refractivity contribution in [2.75, 3.05) is 20.2 Å². The Labute approximate surface area is 138 Å². The van der Waals surface area contributed by atoms with E-state index in [1.54, 1.807) is 4.90 Å². The van der Waals surface area contributed by atoms with Crippen molar-refractivity contribution < 1.29 is 14.3 Å². The molecule has 1 aromatic rings. The molecule has 21 heavy (non-hydrogen) atoms. The Hall–Kier alpha value is -0.880. The smallest absolute Gasteiger partial charge is 0.325 e. The fourth-order valence-corrected chi connectivity index (χ4v) is 3.52. The second-order valence-electron chi connectivity index (χ2n) is 5.01. The summed E-state index contributed by atoms with van der Waals surface area (Å²) in [6.45, 7) is 6.72. The van der Waals surface area contributed by atoms with E-state index in [-0.39, 0.29) is 18.4 Å². The first-order chi connectivity index (χ1) is 9.92. The van der Waals surface area contributed by atoms with E-state index in [0.29, 0.717) is 17.3 Å². The molecular formula is C15H22BrNO3S. The maximum Gasteiger partial charge on any atom is 0.325 e.